The molecule has 2 heterocycles. The molecular weight excluding hydrogens is 357 g/mol. The smallest absolute Gasteiger partial charge is 0.361 e. The number of aromatic amines is 1. The van der Waals surface area contributed by atoms with Gasteiger partial charge in [-0.25, -0.2) is 0 Å². The van der Waals surface area contributed by atoms with Crippen LogP contribution in [0, 0.1) is 0 Å². The molecule has 3 rings (SSSR count). The van der Waals surface area contributed by atoms with Crippen molar-refractivity contribution >= 4 is 28.4 Å². The molecule has 0 aliphatic rings. The van der Waals surface area contributed by atoms with Gasteiger partial charge in [0.1, 0.15) is 5.69 Å². The number of hydrogen-bond donors (Lipinski definition) is 2. The first-order valence-electron chi connectivity index (χ1n) is 7.40. The lowest BCUT2D eigenvalue weighted by molar-refractivity contribution is -0.141. The zero-order valence-corrected chi connectivity index (χ0v) is 13.9. The van der Waals surface area contributed by atoms with E-state index in [1.54, 1.807) is 6.07 Å². The van der Waals surface area contributed by atoms with E-state index in [1.807, 2.05) is 18.3 Å². The number of hydrogen-bond acceptors (Lipinski definition) is 2. The van der Waals surface area contributed by atoms with Gasteiger partial charge in [-0.05, 0) is 30.2 Å². The van der Waals surface area contributed by atoms with E-state index in [2.05, 4.69) is 15.4 Å². The Labute approximate surface area is 145 Å². The fourth-order valence-electron chi connectivity index (χ4n) is 2.58. The van der Waals surface area contributed by atoms with Crippen LogP contribution in [0.2, 0.25) is 5.02 Å². The Hall–Kier alpha value is -2.48. The molecule has 0 saturated heterocycles. The third-order valence-corrected chi connectivity index (χ3v) is 4.05. The molecule has 0 unspecified atom stereocenters. The van der Waals surface area contributed by atoms with Crippen molar-refractivity contribution in [2.45, 2.75) is 12.6 Å². The predicted octanol–water partition coefficient (Wildman–Crippen LogP) is 3.55. The van der Waals surface area contributed by atoms with Crippen molar-refractivity contribution in [3.63, 3.8) is 0 Å². The summed E-state index contributed by atoms with van der Waals surface area (Å²) in [6.45, 7) is 0.269. The van der Waals surface area contributed by atoms with E-state index in [4.69, 9.17) is 11.6 Å². The summed E-state index contributed by atoms with van der Waals surface area (Å²) < 4.78 is 38.8. The monoisotopic (exact) mass is 370 g/mol. The molecule has 1 amide bonds. The maximum Gasteiger partial charge on any atom is 0.435 e. The third kappa shape index (κ3) is 3.63. The van der Waals surface area contributed by atoms with Gasteiger partial charge < -0.3 is 10.3 Å². The highest BCUT2D eigenvalue weighted by atomic mass is 35.5. The van der Waals surface area contributed by atoms with Gasteiger partial charge in [0.2, 0.25) is 0 Å². The summed E-state index contributed by atoms with van der Waals surface area (Å²) in [5, 5.41) is 7.48. The van der Waals surface area contributed by atoms with Crippen LogP contribution in [0.1, 0.15) is 21.7 Å². The lowest BCUT2D eigenvalue weighted by atomic mass is 10.1. The van der Waals surface area contributed by atoms with Crippen molar-refractivity contribution in [3.8, 4) is 0 Å². The lowest BCUT2D eigenvalue weighted by Crippen LogP contribution is -2.27. The summed E-state index contributed by atoms with van der Waals surface area (Å²) in [5.41, 5.74) is 0.645. The van der Waals surface area contributed by atoms with Gasteiger partial charge in [0.15, 0.2) is 5.69 Å². The summed E-state index contributed by atoms with van der Waals surface area (Å²) in [4.78, 5) is 15.2. The second-order valence-electron chi connectivity index (χ2n) is 5.55. The number of aryl methyl sites for hydroxylation is 1. The molecule has 0 bridgehead atoms. The average Bonchev–Trinajstić information content (AvgIpc) is 3.10. The minimum Gasteiger partial charge on any atom is -0.361 e. The van der Waals surface area contributed by atoms with Crippen molar-refractivity contribution in [3.05, 3.63) is 52.4 Å². The molecular formula is C16H14ClF3N4O. The molecule has 0 spiro atoms. The van der Waals surface area contributed by atoms with Gasteiger partial charge in [-0.2, -0.15) is 18.3 Å². The Kier molecular flexibility index (Phi) is 4.47. The van der Waals surface area contributed by atoms with Crippen LogP contribution < -0.4 is 5.32 Å². The number of nitrogens with one attached hydrogen (secondary N) is 2. The van der Waals surface area contributed by atoms with E-state index in [0.29, 0.717) is 11.4 Å². The topological polar surface area (TPSA) is 62.7 Å². The maximum absolute atomic E-state index is 12.6. The van der Waals surface area contributed by atoms with E-state index in [-0.39, 0.29) is 12.2 Å². The van der Waals surface area contributed by atoms with Crippen LogP contribution in [-0.2, 0) is 19.6 Å². The summed E-state index contributed by atoms with van der Waals surface area (Å²) >= 11 is 5.98. The molecule has 132 valence electrons. The minimum absolute atomic E-state index is 0.144. The van der Waals surface area contributed by atoms with E-state index < -0.39 is 17.8 Å². The van der Waals surface area contributed by atoms with E-state index in [9.17, 15) is 18.0 Å². The van der Waals surface area contributed by atoms with Gasteiger partial charge >= 0.3 is 6.18 Å². The Bertz CT molecular complexity index is 929. The second-order valence-corrected chi connectivity index (χ2v) is 5.98. The molecule has 1 aromatic carbocycles. The number of aromatic nitrogens is 3. The zero-order chi connectivity index (χ0) is 18.2. The normalized spacial score (nSPS) is 11.9. The Morgan fingerprint density at radius 2 is 2.12 bits per heavy atom. The number of carbonyl (C=O) groups is 1. The molecule has 25 heavy (non-hydrogen) atoms. The van der Waals surface area contributed by atoms with Crippen LogP contribution in [0.25, 0.3) is 10.9 Å². The van der Waals surface area contributed by atoms with Crippen molar-refractivity contribution < 1.29 is 18.0 Å². The van der Waals surface area contributed by atoms with E-state index in [1.165, 1.54) is 7.05 Å². The molecule has 2 N–H and O–H groups in total. The fraction of sp³-hybridized carbons (Fsp3) is 0.250. The number of alkyl halides is 3. The second kappa shape index (κ2) is 6.44. The van der Waals surface area contributed by atoms with Crippen LogP contribution >= 0.6 is 11.6 Å². The molecule has 0 aliphatic carbocycles. The number of H-pyrrole nitrogens is 1. The Morgan fingerprint density at radius 3 is 2.80 bits per heavy atom. The Balaban J connectivity index is 1.66. The highest BCUT2D eigenvalue weighted by molar-refractivity contribution is 6.31. The zero-order valence-electron chi connectivity index (χ0n) is 13.1. The standard InChI is InChI=1S/C16H14ClF3N4O/c1-24-13(7-14(23-24)16(18,19)20)15(25)21-5-4-9-8-22-12-3-2-10(17)6-11(9)12/h2-3,6-8,22H,4-5H2,1H3,(H,21,25). The number of benzene rings is 1. The van der Waals surface area contributed by atoms with E-state index >= 15 is 0 Å². The van der Waals surface area contributed by atoms with Gasteiger partial charge in [0.05, 0.1) is 0 Å². The lowest BCUT2D eigenvalue weighted by Gasteiger charge is -2.05. The fourth-order valence-corrected chi connectivity index (χ4v) is 2.75. The molecule has 2 aromatic heterocycles. The summed E-state index contributed by atoms with van der Waals surface area (Å²) in [6, 6.07) is 6.18. The first-order chi connectivity index (χ1) is 11.8. The van der Waals surface area contributed by atoms with Gasteiger partial charge in [-0.15, -0.1) is 0 Å². The quantitative estimate of drug-likeness (QED) is 0.737. The molecule has 3 aromatic rings. The summed E-state index contributed by atoms with van der Waals surface area (Å²) in [6.07, 6.45) is -2.26. The Morgan fingerprint density at radius 1 is 1.36 bits per heavy atom. The van der Waals surface area contributed by atoms with E-state index in [0.717, 1.165) is 27.2 Å². The predicted molar refractivity (Wildman–Crippen MR) is 87.6 cm³/mol. The molecule has 0 aliphatic heterocycles. The number of nitrogens with zero attached hydrogens (tertiary/aromatic N) is 2. The summed E-state index contributed by atoms with van der Waals surface area (Å²) in [7, 11) is 1.30. The van der Waals surface area contributed by atoms with Crippen LogP contribution in [0.5, 0.6) is 0 Å². The van der Waals surface area contributed by atoms with Gasteiger partial charge in [-0.3, -0.25) is 9.48 Å². The average molecular weight is 371 g/mol. The van der Waals surface area contributed by atoms with Crippen LogP contribution in [0.4, 0.5) is 13.2 Å². The third-order valence-electron chi connectivity index (χ3n) is 3.81. The first kappa shape index (κ1) is 17.3. The first-order valence-corrected chi connectivity index (χ1v) is 7.78. The number of rotatable bonds is 4. The molecule has 0 fully saturated rings. The van der Waals surface area contributed by atoms with Crippen molar-refractivity contribution in [2.24, 2.45) is 7.05 Å². The van der Waals surface area contributed by atoms with Crippen molar-refractivity contribution in [1.29, 1.82) is 0 Å². The number of fused-ring (bicyclic) bond motifs is 1. The molecule has 5 nitrogen and oxygen atoms in total. The molecule has 0 saturated carbocycles. The summed E-state index contributed by atoms with van der Waals surface area (Å²) in [5.74, 6) is -0.608. The largest absolute Gasteiger partial charge is 0.435 e. The van der Waals surface area contributed by atoms with Gasteiger partial charge in [0, 0.05) is 41.8 Å². The van der Waals surface area contributed by atoms with Crippen LogP contribution in [-0.4, -0.2) is 27.2 Å². The SMILES string of the molecule is Cn1nc(C(F)(F)F)cc1C(=O)NCCc1c[nH]c2ccc(Cl)cc12. The number of halogens is 4. The maximum atomic E-state index is 12.6. The van der Waals surface area contributed by atoms with Gasteiger partial charge in [-0.1, -0.05) is 11.6 Å². The van der Waals surface area contributed by atoms with Gasteiger partial charge in [0.25, 0.3) is 5.91 Å². The minimum atomic E-state index is -4.58. The highest BCUT2D eigenvalue weighted by Crippen LogP contribution is 2.28. The van der Waals surface area contributed by atoms with Crippen LogP contribution in [0.3, 0.4) is 0 Å². The molecule has 0 atom stereocenters. The highest BCUT2D eigenvalue weighted by Gasteiger charge is 2.35. The van der Waals surface area contributed by atoms with Crippen molar-refractivity contribution in [2.75, 3.05) is 6.54 Å². The van der Waals surface area contributed by atoms with Crippen molar-refractivity contribution in [1.82, 2.24) is 20.1 Å². The molecule has 9 heteroatoms. The molecule has 0 radical (unpaired) electrons. The van der Waals surface area contributed by atoms with Crippen LogP contribution in [0.15, 0.2) is 30.5 Å². The number of carbonyl (C=O) groups excluding carboxylic acids is 1. The number of amides is 1.